The molecule has 0 aromatic carbocycles. The van der Waals surface area contributed by atoms with Crippen molar-refractivity contribution >= 4 is 0 Å². The van der Waals surface area contributed by atoms with Crippen LogP contribution in [0.25, 0.3) is 0 Å². The van der Waals surface area contributed by atoms with Crippen LogP contribution in [0.4, 0.5) is 0 Å². The van der Waals surface area contributed by atoms with Gasteiger partial charge in [0.2, 0.25) is 0 Å². The van der Waals surface area contributed by atoms with Gasteiger partial charge in [-0.25, -0.2) is 0 Å². The average molecular weight is 251 g/mol. The smallest absolute Gasteiger partial charge is 0.0694 e. The van der Waals surface area contributed by atoms with E-state index in [1.165, 1.54) is 38.5 Å². The predicted octanol–water partition coefficient (Wildman–Crippen LogP) is 3.53. The molecule has 0 radical (unpaired) electrons. The van der Waals surface area contributed by atoms with Crippen LogP contribution in [0.1, 0.15) is 52.4 Å². The molecule has 0 spiro atoms. The quantitative estimate of drug-likeness (QED) is 0.552. The molecule has 0 aromatic heterocycles. The van der Waals surface area contributed by atoms with Crippen molar-refractivity contribution in [1.29, 1.82) is 0 Å². The van der Waals surface area contributed by atoms with Gasteiger partial charge in [0.25, 0.3) is 0 Å². The Balaban J connectivity index is 1.74. The van der Waals surface area contributed by atoms with Gasteiger partial charge < -0.3 is 10.1 Å². The Hall–Kier alpha value is -0.340. The molecule has 2 unspecified atom stereocenters. The van der Waals surface area contributed by atoms with Crippen molar-refractivity contribution in [3.05, 3.63) is 12.2 Å². The van der Waals surface area contributed by atoms with Gasteiger partial charge in [0.1, 0.15) is 0 Å². The average Bonchev–Trinajstić information content (AvgIpc) is 2.33. The summed E-state index contributed by atoms with van der Waals surface area (Å²) in [5, 5.41) is 3.43. The molecule has 2 rings (SSSR count). The van der Waals surface area contributed by atoms with Gasteiger partial charge in [0, 0.05) is 0 Å². The minimum absolute atomic E-state index is 0.225. The molecule has 1 fully saturated rings. The lowest BCUT2D eigenvalue weighted by molar-refractivity contribution is -0.119. The Morgan fingerprint density at radius 3 is 2.67 bits per heavy atom. The number of ether oxygens (including phenoxy) is 1. The lowest BCUT2D eigenvalue weighted by Gasteiger charge is -2.43. The van der Waals surface area contributed by atoms with Crippen molar-refractivity contribution in [3.63, 3.8) is 0 Å². The first-order valence-corrected chi connectivity index (χ1v) is 7.75. The molecule has 0 aromatic rings. The maximum absolute atomic E-state index is 6.35. The molecule has 1 saturated carbocycles. The number of allylic oxidation sites excluding steroid dienone is 2. The largest absolute Gasteiger partial charge is 0.375 e. The second-order valence-electron chi connectivity index (χ2n) is 6.13. The highest BCUT2D eigenvalue weighted by Crippen LogP contribution is 2.39. The molecule has 18 heavy (non-hydrogen) atoms. The van der Waals surface area contributed by atoms with Gasteiger partial charge in [-0.15, -0.1) is 0 Å². The van der Waals surface area contributed by atoms with E-state index in [9.17, 15) is 0 Å². The summed E-state index contributed by atoms with van der Waals surface area (Å²) < 4.78 is 6.35. The van der Waals surface area contributed by atoms with Crippen molar-refractivity contribution < 1.29 is 4.74 Å². The number of rotatable bonds is 7. The minimum atomic E-state index is 0.225. The molecule has 0 saturated heterocycles. The van der Waals surface area contributed by atoms with Gasteiger partial charge in [-0.05, 0) is 63.5 Å². The van der Waals surface area contributed by atoms with Crippen LogP contribution in [0.15, 0.2) is 12.2 Å². The third kappa shape index (κ3) is 3.58. The van der Waals surface area contributed by atoms with Crippen LogP contribution in [-0.4, -0.2) is 25.3 Å². The molecular formula is C16H29NO. The zero-order valence-corrected chi connectivity index (χ0v) is 12.1. The van der Waals surface area contributed by atoms with Crippen molar-refractivity contribution in [2.45, 2.75) is 58.0 Å². The van der Waals surface area contributed by atoms with E-state index in [0.717, 1.165) is 31.5 Å². The Labute approximate surface area is 112 Å². The standard InChI is InChI=1S/C16H29NO/c1-3-17-12-11-16(9-6-10-16)18-13-15-8-5-4-7-14(15)2/h4-5,14-15,17H,3,6-13H2,1-2H3. The van der Waals surface area contributed by atoms with Crippen molar-refractivity contribution in [2.75, 3.05) is 19.7 Å². The van der Waals surface area contributed by atoms with E-state index in [4.69, 9.17) is 4.74 Å². The third-order valence-corrected chi connectivity index (χ3v) is 4.79. The summed E-state index contributed by atoms with van der Waals surface area (Å²) >= 11 is 0. The van der Waals surface area contributed by atoms with Gasteiger partial charge in [0.15, 0.2) is 0 Å². The van der Waals surface area contributed by atoms with Crippen LogP contribution < -0.4 is 5.32 Å². The molecule has 2 nitrogen and oxygen atoms in total. The molecule has 0 bridgehead atoms. The normalized spacial score (nSPS) is 30.1. The summed E-state index contributed by atoms with van der Waals surface area (Å²) in [6.07, 6.45) is 12.2. The van der Waals surface area contributed by atoms with Gasteiger partial charge in [-0.1, -0.05) is 26.0 Å². The molecule has 2 atom stereocenters. The highest BCUT2D eigenvalue weighted by atomic mass is 16.5. The maximum atomic E-state index is 6.35. The van der Waals surface area contributed by atoms with Crippen molar-refractivity contribution in [1.82, 2.24) is 5.32 Å². The fraction of sp³-hybridized carbons (Fsp3) is 0.875. The Kier molecular flexibility index (Phi) is 5.25. The van der Waals surface area contributed by atoms with Gasteiger partial charge >= 0.3 is 0 Å². The van der Waals surface area contributed by atoms with E-state index >= 15 is 0 Å². The first-order chi connectivity index (χ1) is 8.76. The van der Waals surface area contributed by atoms with Crippen molar-refractivity contribution in [2.24, 2.45) is 11.8 Å². The van der Waals surface area contributed by atoms with Crippen LogP contribution in [0.3, 0.4) is 0 Å². The van der Waals surface area contributed by atoms with E-state index in [2.05, 4.69) is 31.3 Å². The van der Waals surface area contributed by atoms with E-state index in [1.807, 2.05) is 0 Å². The van der Waals surface area contributed by atoms with Crippen LogP contribution >= 0.6 is 0 Å². The molecule has 0 heterocycles. The Bertz CT molecular complexity index is 270. The highest BCUT2D eigenvalue weighted by molar-refractivity contribution is 4.95. The zero-order chi connectivity index (χ0) is 12.8. The summed E-state index contributed by atoms with van der Waals surface area (Å²) in [7, 11) is 0. The van der Waals surface area contributed by atoms with E-state index in [-0.39, 0.29) is 5.60 Å². The predicted molar refractivity (Wildman–Crippen MR) is 76.7 cm³/mol. The number of hydrogen-bond acceptors (Lipinski definition) is 2. The lowest BCUT2D eigenvalue weighted by Crippen LogP contribution is -2.44. The summed E-state index contributed by atoms with van der Waals surface area (Å²) in [5.41, 5.74) is 0.225. The monoisotopic (exact) mass is 251 g/mol. The summed E-state index contributed by atoms with van der Waals surface area (Å²) in [4.78, 5) is 0. The zero-order valence-electron chi connectivity index (χ0n) is 12.1. The first-order valence-electron chi connectivity index (χ1n) is 7.75. The number of nitrogens with one attached hydrogen (secondary N) is 1. The molecule has 2 aliphatic carbocycles. The fourth-order valence-electron chi connectivity index (χ4n) is 3.05. The molecule has 0 amide bonds. The van der Waals surface area contributed by atoms with Gasteiger partial charge in [0.05, 0.1) is 12.2 Å². The van der Waals surface area contributed by atoms with Crippen LogP contribution in [0.5, 0.6) is 0 Å². The van der Waals surface area contributed by atoms with Crippen molar-refractivity contribution in [3.8, 4) is 0 Å². The highest BCUT2D eigenvalue weighted by Gasteiger charge is 2.38. The molecule has 0 aliphatic heterocycles. The first kappa shape index (κ1) is 14.1. The molecule has 2 aliphatic rings. The summed E-state index contributed by atoms with van der Waals surface area (Å²) in [5.74, 6) is 1.53. The maximum Gasteiger partial charge on any atom is 0.0694 e. The van der Waals surface area contributed by atoms with Crippen LogP contribution in [0, 0.1) is 11.8 Å². The van der Waals surface area contributed by atoms with Crippen LogP contribution in [-0.2, 0) is 4.74 Å². The minimum Gasteiger partial charge on any atom is -0.375 e. The Morgan fingerprint density at radius 2 is 2.06 bits per heavy atom. The number of hydrogen-bond donors (Lipinski definition) is 1. The molecular weight excluding hydrogens is 222 g/mol. The van der Waals surface area contributed by atoms with E-state index in [1.54, 1.807) is 0 Å². The third-order valence-electron chi connectivity index (χ3n) is 4.79. The second-order valence-corrected chi connectivity index (χ2v) is 6.13. The summed E-state index contributed by atoms with van der Waals surface area (Å²) in [6.45, 7) is 7.68. The van der Waals surface area contributed by atoms with E-state index < -0.39 is 0 Å². The molecule has 1 N–H and O–H groups in total. The Morgan fingerprint density at radius 1 is 1.28 bits per heavy atom. The summed E-state index contributed by atoms with van der Waals surface area (Å²) in [6, 6.07) is 0. The van der Waals surface area contributed by atoms with Gasteiger partial charge in [-0.2, -0.15) is 0 Å². The molecule has 2 heteroatoms. The second kappa shape index (κ2) is 6.72. The van der Waals surface area contributed by atoms with Gasteiger partial charge in [-0.3, -0.25) is 0 Å². The lowest BCUT2D eigenvalue weighted by atomic mass is 9.77. The molecule has 104 valence electrons. The topological polar surface area (TPSA) is 21.3 Å². The SMILES string of the molecule is CCNCCC1(OCC2CC=CCC2C)CCC1. The fourth-order valence-corrected chi connectivity index (χ4v) is 3.05. The van der Waals surface area contributed by atoms with E-state index in [0.29, 0.717) is 0 Å². The van der Waals surface area contributed by atoms with Crippen LogP contribution in [0.2, 0.25) is 0 Å².